The number of nitrogens with zero attached hydrogens (tertiary/aromatic N) is 10. The maximum atomic E-state index is 12.2. The Labute approximate surface area is 384 Å². The van der Waals surface area contributed by atoms with E-state index >= 15 is 0 Å². The molecule has 0 bridgehead atoms. The monoisotopic (exact) mass is 960 g/mol. The van der Waals surface area contributed by atoms with Crippen LogP contribution in [0.15, 0.2) is 63.9 Å². The van der Waals surface area contributed by atoms with Gasteiger partial charge in [-0.3, -0.25) is 4.98 Å². The summed E-state index contributed by atoms with van der Waals surface area (Å²) in [5.41, 5.74) is 2.58. The number of alkyl halides is 9. The fourth-order valence-electron chi connectivity index (χ4n) is 5.05. The largest absolute Gasteiger partial charge is 0.574 e. The summed E-state index contributed by atoms with van der Waals surface area (Å²) in [6.45, 7) is 29.1. The number of fused-ring (bicyclic) bond motifs is 1. The van der Waals surface area contributed by atoms with Crippen LogP contribution in [-0.4, -0.2) is 69.2 Å². The van der Waals surface area contributed by atoms with E-state index in [4.69, 9.17) is 4.42 Å². The van der Waals surface area contributed by atoms with E-state index < -0.39 is 48.4 Å². The lowest BCUT2D eigenvalue weighted by atomic mass is 9.90. The summed E-state index contributed by atoms with van der Waals surface area (Å²) in [5, 5.41) is 20.9. The number of pyridine rings is 1. The number of hydrogen-bond donors (Lipinski definition) is 0. The molecule has 67 heavy (non-hydrogen) atoms. The predicted molar refractivity (Wildman–Crippen MR) is 233 cm³/mol. The highest BCUT2D eigenvalue weighted by molar-refractivity contribution is 5.72. The fraction of sp³-hybridized carbons (Fsp3) is 0.578. The summed E-state index contributed by atoms with van der Waals surface area (Å²) in [5.74, 6) is 0.565. The number of aryl methyl sites for hydroxylation is 1. The highest BCUT2D eigenvalue weighted by atomic mass is 19.4. The summed E-state index contributed by atoms with van der Waals surface area (Å²) < 4.78 is 123. The number of rotatable bonds is 3. The number of oxazole rings is 1. The van der Waals surface area contributed by atoms with Crippen LogP contribution in [0, 0.1) is 6.92 Å². The summed E-state index contributed by atoms with van der Waals surface area (Å²) >= 11 is 0. The minimum Gasteiger partial charge on any atom is -0.440 e. The zero-order valence-corrected chi connectivity index (χ0v) is 40.7. The van der Waals surface area contributed by atoms with Crippen LogP contribution in [0.2, 0.25) is 0 Å². The molecule has 0 fully saturated rings. The van der Waals surface area contributed by atoms with Gasteiger partial charge in [0.2, 0.25) is 5.89 Å². The summed E-state index contributed by atoms with van der Waals surface area (Å²) in [6, 6.07) is 13.9. The molecule has 0 aliphatic rings. The van der Waals surface area contributed by atoms with Crippen LogP contribution in [0.25, 0.3) is 11.1 Å². The van der Waals surface area contributed by atoms with Gasteiger partial charge in [-0.05, 0) is 31.2 Å². The van der Waals surface area contributed by atoms with Gasteiger partial charge >= 0.3 is 18.7 Å². The van der Waals surface area contributed by atoms with Crippen LogP contribution in [0.3, 0.4) is 0 Å². The van der Waals surface area contributed by atoms with E-state index in [1.807, 2.05) is 49.5 Å². The van der Waals surface area contributed by atoms with E-state index in [0.29, 0.717) is 0 Å². The van der Waals surface area contributed by atoms with Crippen LogP contribution >= 0.6 is 0 Å². The van der Waals surface area contributed by atoms with E-state index in [-0.39, 0.29) is 38.1 Å². The van der Waals surface area contributed by atoms with Crippen molar-refractivity contribution in [3.63, 3.8) is 0 Å². The molecule has 0 aliphatic carbocycles. The van der Waals surface area contributed by atoms with Gasteiger partial charge < -0.3 is 9.15 Å². The van der Waals surface area contributed by atoms with Crippen LogP contribution in [0.5, 0.6) is 5.88 Å². The van der Waals surface area contributed by atoms with Crippen molar-refractivity contribution in [2.24, 2.45) is 0 Å². The van der Waals surface area contributed by atoms with Crippen molar-refractivity contribution in [2.75, 3.05) is 0 Å². The molecule has 0 atom stereocenters. The minimum atomic E-state index is -5.04. The Bertz CT molecular complexity index is 2380. The Hall–Kier alpha value is -5.70. The van der Waals surface area contributed by atoms with Crippen LogP contribution < -0.4 is 4.74 Å². The average molecular weight is 961 g/mol. The van der Waals surface area contributed by atoms with Gasteiger partial charge in [0, 0.05) is 39.0 Å². The molecule has 0 saturated carbocycles. The molecular weight excluding hydrogens is 900 g/mol. The molecule has 0 amide bonds. The zero-order chi connectivity index (χ0) is 51.6. The molecule has 13 nitrogen and oxygen atoms in total. The van der Waals surface area contributed by atoms with E-state index in [9.17, 15) is 39.5 Å². The van der Waals surface area contributed by atoms with E-state index in [1.54, 1.807) is 27.0 Å². The molecular formula is C45H61F9N10O3. The third-order valence-corrected chi connectivity index (χ3v) is 8.30. The molecule has 0 N–H and O–H groups in total. The number of ether oxygens (including phenoxy) is 1. The van der Waals surface area contributed by atoms with Crippen molar-refractivity contribution in [1.29, 1.82) is 0 Å². The fourth-order valence-corrected chi connectivity index (χ4v) is 5.05. The number of benzene rings is 1. The minimum absolute atomic E-state index is 0.0149. The van der Waals surface area contributed by atoms with E-state index in [2.05, 4.69) is 123 Å². The van der Waals surface area contributed by atoms with Gasteiger partial charge in [-0.15, -0.1) is 23.4 Å². The first-order valence-corrected chi connectivity index (χ1v) is 20.8. The first-order chi connectivity index (χ1) is 30.2. The summed E-state index contributed by atoms with van der Waals surface area (Å²) in [7, 11) is 0. The van der Waals surface area contributed by atoms with Gasteiger partial charge in [0.1, 0.15) is 28.4 Å². The third kappa shape index (κ3) is 21.2. The Kier molecular flexibility index (Phi) is 18.8. The summed E-state index contributed by atoms with van der Waals surface area (Å²) in [6.07, 6.45) is -11.5. The van der Waals surface area contributed by atoms with Crippen LogP contribution in [0.4, 0.5) is 39.5 Å². The predicted octanol–water partition coefficient (Wildman–Crippen LogP) is 12.5. The molecule has 372 valence electrons. The highest BCUT2D eigenvalue weighted by Gasteiger charge is 2.38. The van der Waals surface area contributed by atoms with Gasteiger partial charge in [0.25, 0.3) is 5.88 Å². The topological polar surface area (TPSA) is 156 Å². The van der Waals surface area contributed by atoms with Gasteiger partial charge in [-0.25, -0.2) is 14.6 Å². The highest BCUT2D eigenvalue weighted by Crippen LogP contribution is 2.33. The zero-order valence-electron chi connectivity index (χ0n) is 40.7. The smallest absolute Gasteiger partial charge is 0.440 e. The Morgan fingerprint density at radius 3 is 1.58 bits per heavy atom. The van der Waals surface area contributed by atoms with Crippen LogP contribution in [0.1, 0.15) is 144 Å². The van der Waals surface area contributed by atoms with Crippen molar-refractivity contribution in [3.05, 3.63) is 95.0 Å². The quantitative estimate of drug-likeness (QED) is 0.155. The lowest BCUT2D eigenvalue weighted by molar-refractivity contribution is -0.276. The normalized spacial score (nSPS) is 12.7. The Morgan fingerprint density at radius 1 is 0.597 bits per heavy atom. The second kappa shape index (κ2) is 21.9. The standard InChI is InChI=1S/C11H13NO.C9H11F6N3O.C9H13N.C8H11F3N2O.C8H13N3/c1-11(2,3)10-12-8-6-4-5-7-9(8)13-10;1-7(2,3)5-6(19-9(13,14)15)17-18(16-5)4-8(10,11)12;1-9(2,3)8-6-4-5-7-10-8;1-7(2,3)6-5(12-14-13-6)4-8(9,10)11;1-6-10-7(5-9-11-6)8(2,3)4/h4-7H,1-3H3;4H2,1-3H3;4-7H,1-3H3;4H2,1-3H3;5H,1-4H3. The van der Waals surface area contributed by atoms with Crippen molar-refractivity contribution in [1.82, 2.24) is 50.5 Å². The molecule has 1 aromatic carbocycles. The SMILES string of the molecule is CC(C)(C)c1ccccn1.CC(C)(C)c1nc2ccccc2o1.CC(C)(C)c1nn(CC(F)(F)F)nc1OC(F)(F)F.CC(C)(C)c1nonc1CC(F)(F)F.Cc1nncc(C(C)(C)C)n1. The number of hydrogen-bond acceptors (Lipinski definition) is 12. The Balaban J connectivity index is 0.000000293. The van der Waals surface area contributed by atoms with Crippen molar-refractivity contribution < 1.29 is 53.3 Å². The maximum Gasteiger partial charge on any atom is 0.574 e. The molecule has 0 saturated heterocycles. The van der Waals surface area contributed by atoms with Gasteiger partial charge in [0.05, 0.1) is 18.3 Å². The molecule has 6 rings (SSSR count). The number of aromatic nitrogens is 10. The van der Waals surface area contributed by atoms with Gasteiger partial charge in [0.15, 0.2) is 12.1 Å². The lowest BCUT2D eigenvalue weighted by Gasteiger charge is -2.16. The van der Waals surface area contributed by atoms with Gasteiger partial charge in [-0.2, -0.15) is 41.3 Å². The maximum absolute atomic E-state index is 12.2. The molecule has 0 spiro atoms. The lowest BCUT2D eigenvalue weighted by Crippen LogP contribution is -2.21. The molecule has 6 aromatic rings. The molecule has 0 radical (unpaired) electrons. The van der Waals surface area contributed by atoms with Crippen LogP contribution in [-0.2, 0) is 40.0 Å². The average Bonchev–Trinajstić information content (AvgIpc) is 3.89. The van der Waals surface area contributed by atoms with E-state index in [1.165, 1.54) is 20.8 Å². The van der Waals surface area contributed by atoms with Crippen molar-refractivity contribution in [3.8, 4) is 5.88 Å². The first-order valence-electron chi connectivity index (χ1n) is 20.8. The molecule has 5 aromatic heterocycles. The molecule has 22 heteroatoms. The molecule has 0 unspecified atom stereocenters. The molecule has 0 aliphatic heterocycles. The first kappa shape index (κ1) is 57.4. The summed E-state index contributed by atoms with van der Waals surface area (Å²) in [4.78, 5) is 13.1. The van der Waals surface area contributed by atoms with Crippen molar-refractivity contribution >= 4 is 11.1 Å². The number of para-hydroxylation sites is 2. The number of halogens is 9. The second-order valence-corrected chi connectivity index (χ2v) is 20.2. The van der Waals surface area contributed by atoms with Crippen molar-refractivity contribution in [2.45, 2.75) is 170 Å². The second-order valence-electron chi connectivity index (χ2n) is 20.2. The molecule has 5 heterocycles. The Morgan fingerprint density at radius 2 is 1.16 bits per heavy atom. The van der Waals surface area contributed by atoms with E-state index in [0.717, 1.165) is 34.2 Å². The van der Waals surface area contributed by atoms with Gasteiger partial charge in [-0.1, -0.05) is 132 Å². The third-order valence-electron chi connectivity index (χ3n) is 8.30.